The number of carbonyl (C=O) groups is 2. The van der Waals surface area contributed by atoms with Gasteiger partial charge in [0.05, 0.1) is 5.92 Å². The third-order valence-electron chi connectivity index (χ3n) is 4.82. The minimum atomic E-state index is -0.405. The summed E-state index contributed by atoms with van der Waals surface area (Å²) in [6.07, 6.45) is 1.64. The number of halogens is 1. The molecule has 1 fully saturated rings. The highest BCUT2D eigenvalue weighted by atomic mass is 35.5. The van der Waals surface area contributed by atoms with Crippen LogP contribution in [0.2, 0.25) is 5.02 Å². The van der Waals surface area contributed by atoms with Gasteiger partial charge in [-0.3, -0.25) is 9.59 Å². The number of esters is 1. The first-order chi connectivity index (χ1) is 11.9. The van der Waals surface area contributed by atoms with Gasteiger partial charge in [-0.05, 0) is 48.4 Å². The maximum Gasteiger partial charge on any atom is 0.313 e. The Bertz CT molecular complexity index is 653. The molecule has 5 nitrogen and oxygen atoms in total. The van der Waals surface area contributed by atoms with Gasteiger partial charge < -0.3 is 14.4 Å². The lowest BCUT2D eigenvalue weighted by Gasteiger charge is -2.35. The molecule has 0 spiro atoms. The molecule has 2 aliphatic rings. The van der Waals surface area contributed by atoms with Gasteiger partial charge in [0, 0.05) is 18.1 Å². The molecule has 3 rings (SSSR count). The summed E-state index contributed by atoms with van der Waals surface area (Å²) < 4.78 is 10.9. The van der Waals surface area contributed by atoms with Crippen LogP contribution in [0, 0.1) is 17.8 Å². The van der Waals surface area contributed by atoms with E-state index in [1.165, 1.54) is 0 Å². The Hall–Kier alpha value is -1.75. The van der Waals surface area contributed by atoms with E-state index in [1.54, 1.807) is 23.1 Å². The summed E-state index contributed by atoms with van der Waals surface area (Å²) in [5, 5.41) is 0.611. The van der Waals surface area contributed by atoms with E-state index in [1.807, 2.05) is 0 Å². The van der Waals surface area contributed by atoms with Gasteiger partial charge in [0.15, 0.2) is 6.61 Å². The minimum Gasteiger partial charge on any atom is -0.492 e. The molecule has 1 saturated heterocycles. The fourth-order valence-corrected chi connectivity index (χ4v) is 3.92. The van der Waals surface area contributed by atoms with Crippen molar-refractivity contribution in [1.82, 2.24) is 4.90 Å². The van der Waals surface area contributed by atoms with Crippen molar-refractivity contribution in [3.63, 3.8) is 0 Å². The topological polar surface area (TPSA) is 55.8 Å². The molecule has 0 aromatic heterocycles. The van der Waals surface area contributed by atoms with Crippen LogP contribution in [0.1, 0.15) is 25.8 Å². The normalized spacial score (nSPS) is 25.7. The van der Waals surface area contributed by atoms with Crippen LogP contribution in [0.25, 0.3) is 0 Å². The molecule has 25 heavy (non-hydrogen) atoms. The second kappa shape index (κ2) is 7.65. The number of benzene rings is 1. The number of likely N-dealkylation sites (tertiary alicyclic amines) is 1. The lowest BCUT2D eigenvalue weighted by molar-refractivity contribution is -0.157. The molecule has 6 heteroatoms. The number of nitrogens with zero attached hydrogens (tertiary/aromatic N) is 1. The van der Waals surface area contributed by atoms with Crippen molar-refractivity contribution >= 4 is 23.5 Å². The molecule has 0 unspecified atom stereocenters. The average Bonchev–Trinajstić information content (AvgIpc) is 2.57. The van der Waals surface area contributed by atoms with Gasteiger partial charge in [0.1, 0.15) is 12.4 Å². The van der Waals surface area contributed by atoms with Crippen molar-refractivity contribution < 1.29 is 19.1 Å². The summed E-state index contributed by atoms with van der Waals surface area (Å²) in [7, 11) is 0. The fourth-order valence-electron chi connectivity index (χ4n) is 3.72. The zero-order chi connectivity index (χ0) is 18.0. The molecule has 0 radical (unpaired) electrons. The molecule has 0 N–H and O–H groups in total. The van der Waals surface area contributed by atoms with Gasteiger partial charge in [0.2, 0.25) is 0 Å². The molecule has 1 aromatic rings. The van der Waals surface area contributed by atoms with E-state index in [-0.39, 0.29) is 19.1 Å². The van der Waals surface area contributed by atoms with Crippen LogP contribution in [0.15, 0.2) is 18.2 Å². The van der Waals surface area contributed by atoms with E-state index >= 15 is 0 Å². The lowest BCUT2D eigenvalue weighted by Crippen LogP contribution is -2.44. The third kappa shape index (κ3) is 4.46. The molecular weight excluding hydrogens is 342 g/mol. The summed E-state index contributed by atoms with van der Waals surface area (Å²) >= 11 is 5.99. The smallest absolute Gasteiger partial charge is 0.313 e. The molecule has 3 atom stereocenters. The molecule has 1 aromatic carbocycles. The first-order valence-corrected chi connectivity index (χ1v) is 9.15. The van der Waals surface area contributed by atoms with E-state index in [2.05, 4.69) is 13.8 Å². The van der Waals surface area contributed by atoms with Crippen LogP contribution in [0.5, 0.6) is 5.75 Å². The Morgan fingerprint density at radius 2 is 2.00 bits per heavy atom. The number of fused-ring (bicyclic) bond motifs is 1. The van der Waals surface area contributed by atoms with Gasteiger partial charge in [-0.2, -0.15) is 0 Å². The van der Waals surface area contributed by atoms with E-state index in [4.69, 9.17) is 21.1 Å². The molecule has 1 amide bonds. The van der Waals surface area contributed by atoms with E-state index in [0.717, 1.165) is 30.8 Å². The number of ether oxygens (including phenoxy) is 2. The number of carbonyl (C=O) groups excluding carboxylic acids is 2. The highest BCUT2D eigenvalue weighted by Crippen LogP contribution is 2.30. The highest BCUT2D eigenvalue weighted by Gasteiger charge is 2.30. The van der Waals surface area contributed by atoms with Gasteiger partial charge in [-0.1, -0.05) is 25.4 Å². The highest BCUT2D eigenvalue weighted by molar-refractivity contribution is 6.30. The van der Waals surface area contributed by atoms with Crippen LogP contribution < -0.4 is 4.74 Å². The number of amides is 1. The number of rotatable bonds is 3. The standard InChI is InChI=1S/C19H24ClNO4/c1-12-5-13(2)9-21(8-12)18(22)11-25-19(23)15-6-14-7-16(20)3-4-17(14)24-10-15/h3-4,7,12-13,15H,5-6,8-11H2,1-2H3/t12-,13-,15+/m0/s1. The molecule has 136 valence electrons. The fraction of sp³-hybridized carbons (Fsp3) is 0.579. The Morgan fingerprint density at radius 1 is 1.28 bits per heavy atom. The zero-order valence-electron chi connectivity index (χ0n) is 14.7. The Balaban J connectivity index is 1.52. The number of hydrogen-bond donors (Lipinski definition) is 0. The van der Waals surface area contributed by atoms with Crippen molar-refractivity contribution in [2.75, 3.05) is 26.3 Å². The van der Waals surface area contributed by atoms with Crippen LogP contribution in [0.4, 0.5) is 0 Å². The van der Waals surface area contributed by atoms with Crippen molar-refractivity contribution in [2.45, 2.75) is 26.7 Å². The summed E-state index contributed by atoms with van der Waals surface area (Å²) in [6, 6.07) is 5.37. The van der Waals surface area contributed by atoms with Crippen LogP contribution in [-0.2, 0) is 20.7 Å². The van der Waals surface area contributed by atoms with E-state index < -0.39 is 11.9 Å². The second-order valence-electron chi connectivity index (χ2n) is 7.32. The van der Waals surface area contributed by atoms with Crippen molar-refractivity contribution in [3.8, 4) is 5.75 Å². The first-order valence-electron chi connectivity index (χ1n) is 8.78. The largest absolute Gasteiger partial charge is 0.492 e. The van der Waals surface area contributed by atoms with Gasteiger partial charge in [-0.25, -0.2) is 0 Å². The Kier molecular flexibility index (Phi) is 5.52. The Labute approximate surface area is 153 Å². The average molecular weight is 366 g/mol. The minimum absolute atomic E-state index is 0.119. The van der Waals surface area contributed by atoms with Crippen molar-refractivity contribution in [2.24, 2.45) is 17.8 Å². The Morgan fingerprint density at radius 3 is 2.72 bits per heavy atom. The molecular formula is C19H24ClNO4. The third-order valence-corrected chi connectivity index (χ3v) is 5.06. The van der Waals surface area contributed by atoms with E-state index in [9.17, 15) is 9.59 Å². The predicted octanol–water partition coefficient (Wildman–Crippen LogP) is 2.94. The summed E-state index contributed by atoms with van der Waals surface area (Å²) in [5.74, 6) is 0.801. The monoisotopic (exact) mass is 365 g/mol. The van der Waals surface area contributed by atoms with Gasteiger partial charge in [-0.15, -0.1) is 0 Å². The second-order valence-corrected chi connectivity index (χ2v) is 7.75. The number of piperidine rings is 1. The maximum absolute atomic E-state index is 12.3. The van der Waals surface area contributed by atoms with Gasteiger partial charge in [0.25, 0.3) is 5.91 Å². The first kappa shape index (κ1) is 18.1. The van der Waals surface area contributed by atoms with E-state index in [0.29, 0.717) is 23.3 Å². The number of hydrogen-bond acceptors (Lipinski definition) is 4. The molecule has 0 bridgehead atoms. The summed E-state index contributed by atoms with van der Waals surface area (Å²) in [6.45, 7) is 5.82. The SMILES string of the molecule is C[C@H]1C[C@H](C)CN(C(=O)COC(=O)[C@H]2COc3ccc(Cl)cc3C2)C1. The van der Waals surface area contributed by atoms with Crippen LogP contribution in [-0.4, -0.2) is 43.1 Å². The van der Waals surface area contributed by atoms with Crippen LogP contribution >= 0.6 is 11.6 Å². The van der Waals surface area contributed by atoms with Crippen LogP contribution in [0.3, 0.4) is 0 Å². The maximum atomic E-state index is 12.3. The molecule has 0 saturated carbocycles. The zero-order valence-corrected chi connectivity index (χ0v) is 15.4. The molecule has 2 heterocycles. The molecule has 2 aliphatic heterocycles. The summed E-state index contributed by atoms with van der Waals surface area (Å²) in [5.41, 5.74) is 0.894. The van der Waals surface area contributed by atoms with Gasteiger partial charge >= 0.3 is 5.97 Å². The molecule has 0 aliphatic carbocycles. The van der Waals surface area contributed by atoms with Crippen molar-refractivity contribution in [1.29, 1.82) is 0 Å². The predicted molar refractivity (Wildman–Crippen MR) is 94.6 cm³/mol. The quantitative estimate of drug-likeness (QED) is 0.773. The lowest BCUT2D eigenvalue weighted by atomic mass is 9.92. The van der Waals surface area contributed by atoms with Crippen molar-refractivity contribution in [3.05, 3.63) is 28.8 Å². The summed E-state index contributed by atoms with van der Waals surface area (Å²) in [4.78, 5) is 26.4.